The first kappa shape index (κ1) is 35.1. The third-order valence-corrected chi connectivity index (χ3v) is 9.76. The summed E-state index contributed by atoms with van der Waals surface area (Å²) in [4.78, 5) is 39.9. The van der Waals surface area contributed by atoms with Crippen LogP contribution in [0.25, 0.3) is 22.0 Å². The summed E-state index contributed by atoms with van der Waals surface area (Å²) in [5.74, 6) is -0.0487. The highest BCUT2D eigenvalue weighted by Crippen LogP contribution is 2.29. The SMILES string of the molecule is Cc1cc(C(=O)NC2CCNCC2)ccc1-c1ccc(C[C@H](NC(=O)[C@H]2CC[C@H](CN)CC2)C(=O)Nc2ccc3cn[nH]c3c2)cc1.Cl. The Morgan fingerprint density at radius 3 is 2.40 bits per heavy atom. The number of piperidine rings is 1. The summed E-state index contributed by atoms with van der Waals surface area (Å²) in [7, 11) is 0. The van der Waals surface area contributed by atoms with Crippen LogP contribution in [0.2, 0.25) is 0 Å². The van der Waals surface area contributed by atoms with Gasteiger partial charge in [-0.3, -0.25) is 19.5 Å². The van der Waals surface area contributed by atoms with Gasteiger partial charge < -0.3 is 27.0 Å². The van der Waals surface area contributed by atoms with E-state index in [1.54, 1.807) is 6.20 Å². The third kappa shape index (κ3) is 8.61. The van der Waals surface area contributed by atoms with Gasteiger partial charge in [0.25, 0.3) is 5.91 Å². The minimum Gasteiger partial charge on any atom is -0.349 e. The summed E-state index contributed by atoms with van der Waals surface area (Å²) in [6.07, 6.45) is 7.39. The lowest BCUT2D eigenvalue weighted by Crippen LogP contribution is -2.48. The molecule has 1 aliphatic heterocycles. The second kappa shape index (κ2) is 16.2. The predicted octanol–water partition coefficient (Wildman–Crippen LogP) is 4.87. The van der Waals surface area contributed by atoms with Crippen molar-refractivity contribution in [2.24, 2.45) is 17.6 Å². The van der Waals surface area contributed by atoms with E-state index in [0.29, 0.717) is 30.1 Å². The van der Waals surface area contributed by atoms with Crippen LogP contribution in [-0.2, 0) is 16.0 Å². The second-order valence-corrected chi connectivity index (χ2v) is 13.1. The molecule has 3 aromatic carbocycles. The fourth-order valence-corrected chi connectivity index (χ4v) is 6.82. The molecule has 0 bridgehead atoms. The lowest BCUT2D eigenvalue weighted by Gasteiger charge is -2.28. The fourth-order valence-electron chi connectivity index (χ4n) is 6.82. The Bertz CT molecular complexity index is 1710. The van der Waals surface area contributed by atoms with Crippen LogP contribution in [0.3, 0.4) is 0 Å². The molecule has 0 radical (unpaired) electrons. The van der Waals surface area contributed by atoms with Crippen LogP contribution in [0.5, 0.6) is 0 Å². The van der Waals surface area contributed by atoms with E-state index in [1.807, 2.05) is 67.6 Å². The third-order valence-electron chi connectivity index (χ3n) is 9.76. The number of carbonyl (C=O) groups is 3. The number of hydrogen-bond acceptors (Lipinski definition) is 6. The molecular weight excluding hydrogens is 626 g/mol. The molecule has 254 valence electrons. The maximum absolute atomic E-state index is 13.6. The van der Waals surface area contributed by atoms with E-state index in [2.05, 4.69) is 31.5 Å². The van der Waals surface area contributed by atoms with E-state index in [0.717, 1.165) is 84.8 Å². The van der Waals surface area contributed by atoms with Crippen molar-refractivity contribution < 1.29 is 14.4 Å². The number of carbonyl (C=O) groups excluding carboxylic acids is 3. The highest BCUT2D eigenvalue weighted by atomic mass is 35.5. The number of rotatable bonds is 10. The molecule has 6 rings (SSSR count). The van der Waals surface area contributed by atoms with E-state index in [9.17, 15) is 14.4 Å². The Kier molecular flexibility index (Phi) is 11.9. The lowest BCUT2D eigenvalue weighted by atomic mass is 9.81. The van der Waals surface area contributed by atoms with Gasteiger partial charge in [-0.05, 0) is 124 Å². The number of amides is 3. The summed E-state index contributed by atoms with van der Waals surface area (Å²) in [6, 6.07) is 18.9. The van der Waals surface area contributed by atoms with Crippen LogP contribution in [0.4, 0.5) is 5.69 Å². The molecule has 1 atom stereocenters. The van der Waals surface area contributed by atoms with Gasteiger partial charge in [-0.1, -0.05) is 30.3 Å². The zero-order chi connectivity index (χ0) is 32.8. The molecule has 1 aliphatic carbocycles. The number of benzene rings is 3. The van der Waals surface area contributed by atoms with E-state index in [-0.39, 0.29) is 42.1 Å². The van der Waals surface area contributed by atoms with Gasteiger partial charge in [-0.15, -0.1) is 12.4 Å². The molecule has 3 amide bonds. The predicted molar refractivity (Wildman–Crippen MR) is 192 cm³/mol. The van der Waals surface area contributed by atoms with Crippen molar-refractivity contribution in [1.82, 2.24) is 26.1 Å². The van der Waals surface area contributed by atoms with Crippen LogP contribution in [-0.4, -0.2) is 59.6 Å². The van der Waals surface area contributed by atoms with Gasteiger partial charge in [0.15, 0.2) is 0 Å². The van der Waals surface area contributed by atoms with Crippen LogP contribution in [0, 0.1) is 18.8 Å². The summed E-state index contributed by atoms with van der Waals surface area (Å²) in [6.45, 7) is 4.51. The highest BCUT2D eigenvalue weighted by molar-refractivity contribution is 5.99. The standard InChI is InChI=1S/C37H45N7O3.ClH/c1-23-18-28(36(46)41-30-14-16-39-17-15-30)11-13-32(23)26-6-2-24(3-7-26)19-34(43-35(45)27-8-4-25(21-38)5-9-27)37(47)42-31-12-10-29-22-40-44-33(29)20-31;/h2-3,6-7,10-13,18,20,22,25,27,30,34,39H,4-5,8-9,14-17,19,21,38H2,1H3,(H,40,44)(H,41,46)(H,42,47)(H,43,45);1H/t25-,27-,34-;/m0./s1. The van der Waals surface area contributed by atoms with Crippen molar-refractivity contribution in [2.75, 3.05) is 25.0 Å². The van der Waals surface area contributed by atoms with Crippen LogP contribution >= 0.6 is 12.4 Å². The largest absolute Gasteiger partial charge is 0.349 e. The molecule has 1 aromatic heterocycles. The molecule has 0 spiro atoms. The quantitative estimate of drug-likeness (QED) is 0.141. The maximum atomic E-state index is 13.6. The topological polar surface area (TPSA) is 154 Å². The van der Waals surface area contributed by atoms with Gasteiger partial charge in [-0.2, -0.15) is 5.10 Å². The number of nitrogens with zero attached hydrogens (tertiary/aromatic N) is 1. The van der Waals surface area contributed by atoms with Crippen LogP contribution in [0.1, 0.15) is 60.0 Å². The molecule has 4 aromatic rings. The number of hydrogen-bond donors (Lipinski definition) is 6. The lowest BCUT2D eigenvalue weighted by molar-refractivity contribution is -0.130. The Labute approximate surface area is 287 Å². The van der Waals surface area contributed by atoms with E-state index < -0.39 is 6.04 Å². The first-order valence-electron chi connectivity index (χ1n) is 16.8. The van der Waals surface area contributed by atoms with Gasteiger partial charge in [0.05, 0.1) is 11.7 Å². The monoisotopic (exact) mass is 671 g/mol. The second-order valence-electron chi connectivity index (χ2n) is 13.1. The molecule has 2 fully saturated rings. The van der Waals surface area contributed by atoms with Crippen LogP contribution < -0.4 is 27.0 Å². The van der Waals surface area contributed by atoms with Gasteiger partial charge >= 0.3 is 0 Å². The van der Waals surface area contributed by atoms with Crippen molar-refractivity contribution in [3.63, 3.8) is 0 Å². The fraction of sp³-hybridized carbons (Fsp3) is 0.405. The number of aromatic amines is 1. The van der Waals surface area contributed by atoms with Gasteiger partial charge in [0.2, 0.25) is 11.8 Å². The van der Waals surface area contributed by atoms with E-state index in [1.165, 1.54) is 0 Å². The summed E-state index contributed by atoms with van der Waals surface area (Å²) >= 11 is 0. The van der Waals surface area contributed by atoms with Gasteiger partial charge in [0, 0.05) is 35.0 Å². The number of anilines is 1. The summed E-state index contributed by atoms with van der Waals surface area (Å²) in [5.41, 5.74) is 12.0. The van der Waals surface area contributed by atoms with Crippen molar-refractivity contribution in [3.8, 4) is 11.1 Å². The number of halogens is 1. The zero-order valence-electron chi connectivity index (χ0n) is 27.4. The zero-order valence-corrected chi connectivity index (χ0v) is 28.2. The Balaban J connectivity index is 0.00000451. The van der Waals surface area contributed by atoms with Gasteiger partial charge in [-0.25, -0.2) is 0 Å². The summed E-state index contributed by atoms with van der Waals surface area (Å²) < 4.78 is 0. The average molecular weight is 672 g/mol. The highest BCUT2D eigenvalue weighted by Gasteiger charge is 2.29. The number of fused-ring (bicyclic) bond motifs is 1. The van der Waals surface area contributed by atoms with E-state index >= 15 is 0 Å². The number of H-pyrrole nitrogens is 1. The number of nitrogens with one attached hydrogen (secondary N) is 5. The minimum atomic E-state index is -0.752. The number of aryl methyl sites for hydroxylation is 1. The molecule has 1 saturated carbocycles. The van der Waals surface area contributed by atoms with E-state index in [4.69, 9.17) is 5.73 Å². The molecular formula is C37H46ClN7O3. The maximum Gasteiger partial charge on any atom is 0.251 e. The van der Waals surface area contributed by atoms with Crippen molar-refractivity contribution >= 4 is 46.7 Å². The Hall–Kier alpha value is -4.25. The van der Waals surface area contributed by atoms with Crippen LogP contribution in [0.15, 0.2) is 66.9 Å². The normalized spacial score (nSPS) is 18.8. The smallest absolute Gasteiger partial charge is 0.251 e. The molecule has 7 N–H and O–H groups in total. The molecule has 2 aliphatic rings. The molecule has 10 nitrogen and oxygen atoms in total. The number of nitrogens with two attached hydrogens (primary N) is 1. The molecule has 2 heterocycles. The Morgan fingerprint density at radius 2 is 1.69 bits per heavy atom. The molecule has 0 unspecified atom stereocenters. The first-order valence-corrected chi connectivity index (χ1v) is 16.8. The average Bonchev–Trinajstić information content (AvgIpc) is 3.57. The summed E-state index contributed by atoms with van der Waals surface area (Å²) in [5, 5.41) is 20.5. The Morgan fingerprint density at radius 1 is 0.938 bits per heavy atom. The number of aromatic nitrogens is 2. The molecule has 1 saturated heterocycles. The minimum absolute atomic E-state index is 0. The van der Waals surface area contributed by atoms with Crippen molar-refractivity contribution in [1.29, 1.82) is 0 Å². The molecule has 11 heteroatoms. The molecule has 48 heavy (non-hydrogen) atoms. The van der Waals surface area contributed by atoms with Crippen molar-refractivity contribution in [3.05, 3.63) is 83.6 Å². The van der Waals surface area contributed by atoms with Crippen molar-refractivity contribution in [2.45, 2.75) is 64.0 Å². The van der Waals surface area contributed by atoms with Gasteiger partial charge in [0.1, 0.15) is 6.04 Å². The first-order chi connectivity index (χ1) is 22.9.